The monoisotopic (exact) mass is 481 g/mol. The smallest absolute Gasteiger partial charge is 0.243 e. The highest BCUT2D eigenvalue weighted by Gasteiger charge is 2.33. The van der Waals surface area contributed by atoms with Gasteiger partial charge < -0.3 is 15.0 Å². The van der Waals surface area contributed by atoms with Crippen molar-refractivity contribution in [1.29, 1.82) is 0 Å². The molecule has 0 radical (unpaired) electrons. The number of hydrogen-bond donors (Lipinski definition) is 1. The molecule has 1 aromatic rings. The Morgan fingerprint density at radius 3 is 2.62 bits per heavy atom. The Kier molecular flexibility index (Phi) is 7.44. The molecule has 1 aliphatic carbocycles. The molecule has 0 spiro atoms. The molecule has 1 saturated heterocycles. The van der Waals surface area contributed by atoms with E-state index in [-0.39, 0.29) is 35.2 Å². The van der Waals surface area contributed by atoms with E-state index in [9.17, 15) is 18.0 Å². The van der Waals surface area contributed by atoms with Crippen LogP contribution in [0.5, 0.6) is 0 Å². The number of nitrogens with one attached hydrogen (secondary N) is 1. The van der Waals surface area contributed by atoms with E-state index in [1.807, 2.05) is 6.92 Å². The van der Waals surface area contributed by atoms with Gasteiger partial charge in [0.25, 0.3) is 0 Å². The quantitative estimate of drug-likeness (QED) is 0.693. The Morgan fingerprint density at radius 2 is 1.91 bits per heavy atom. The van der Waals surface area contributed by atoms with Crippen LogP contribution < -0.4 is 10.2 Å². The molecule has 8 nitrogen and oxygen atoms in total. The molecule has 176 valence electrons. The highest BCUT2D eigenvalue weighted by Crippen LogP contribution is 2.38. The summed E-state index contributed by atoms with van der Waals surface area (Å²) in [6.45, 7) is 3.08. The zero-order valence-electron chi connectivity index (χ0n) is 18.4. The lowest BCUT2D eigenvalue weighted by Crippen LogP contribution is -2.46. The lowest BCUT2D eigenvalue weighted by Gasteiger charge is -2.28. The number of nitrogens with zero attached hydrogens (tertiary/aromatic N) is 2. The topological polar surface area (TPSA) is 96.0 Å². The molecule has 0 aromatic heterocycles. The number of rotatable bonds is 5. The van der Waals surface area contributed by atoms with Crippen LogP contribution in [-0.2, 0) is 24.3 Å². The zero-order chi connectivity index (χ0) is 22.7. The van der Waals surface area contributed by atoms with Crippen LogP contribution in [0.4, 0.5) is 5.69 Å². The van der Waals surface area contributed by atoms with Crippen LogP contribution in [0.15, 0.2) is 28.0 Å². The maximum atomic E-state index is 13.2. The molecular weight excluding hydrogens is 450 g/mol. The van der Waals surface area contributed by atoms with Crippen molar-refractivity contribution in [3.05, 3.63) is 18.2 Å². The largest absolute Gasteiger partial charge is 0.379 e. The third-order valence-electron chi connectivity index (χ3n) is 6.28. The molecule has 2 aliphatic heterocycles. The number of carbonyl (C=O) groups excluding carboxylic acids is 2. The van der Waals surface area contributed by atoms with E-state index in [1.54, 1.807) is 18.2 Å². The fourth-order valence-electron chi connectivity index (χ4n) is 4.42. The molecule has 2 fully saturated rings. The van der Waals surface area contributed by atoms with Crippen molar-refractivity contribution in [2.24, 2.45) is 5.92 Å². The predicted molar refractivity (Wildman–Crippen MR) is 123 cm³/mol. The minimum absolute atomic E-state index is 0.103. The van der Waals surface area contributed by atoms with E-state index in [2.05, 4.69) is 5.32 Å². The highest BCUT2D eigenvalue weighted by atomic mass is 32.2. The van der Waals surface area contributed by atoms with Gasteiger partial charge in [-0.05, 0) is 31.0 Å². The van der Waals surface area contributed by atoms with Gasteiger partial charge in [0, 0.05) is 35.7 Å². The Hall–Kier alpha value is -1.62. The van der Waals surface area contributed by atoms with Gasteiger partial charge in [0.15, 0.2) is 0 Å². The van der Waals surface area contributed by atoms with Crippen molar-refractivity contribution in [3.63, 3.8) is 0 Å². The molecular formula is C22H31N3O5S2. The second kappa shape index (κ2) is 10.1. The van der Waals surface area contributed by atoms with Crippen molar-refractivity contribution in [2.75, 3.05) is 43.5 Å². The summed E-state index contributed by atoms with van der Waals surface area (Å²) in [5, 5.41) is 3.07. The first-order chi connectivity index (χ1) is 15.4. The fourth-order valence-corrected chi connectivity index (χ4v) is 6.91. The van der Waals surface area contributed by atoms with E-state index < -0.39 is 10.0 Å². The van der Waals surface area contributed by atoms with Gasteiger partial charge >= 0.3 is 0 Å². The van der Waals surface area contributed by atoms with Crippen molar-refractivity contribution >= 4 is 39.3 Å². The molecule has 1 saturated carbocycles. The van der Waals surface area contributed by atoms with Gasteiger partial charge in [-0.15, -0.1) is 11.8 Å². The van der Waals surface area contributed by atoms with E-state index in [0.29, 0.717) is 37.7 Å². The van der Waals surface area contributed by atoms with Gasteiger partial charge in [0.1, 0.15) is 6.54 Å². The van der Waals surface area contributed by atoms with Gasteiger partial charge in [-0.25, -0.2) is 8.42 Å². The van der Waals surface area contributed by atoms with Crippen molar-refractivity contribution in [3.8, 4) is 0 Å². The number of amides is 2. The molecule has 0 bridgehead atoms. The Labute approximate surface area is 194 Å². The van der Waals surface area contributed by atoms with E-state index in [1.165, 1.54) is 27.4 Å². The summed E-state index contributed by atoms with van der Waals surface area (Å²) in [5.74, 6) is -0.0378. The number of ether oxygens (including phenoxy) is 1. The third-order valence-corrected chi connectivity index (χ3v) is 9.49. The zero-order valence-corrected chi connectivity index (χ0v) is 20.1. The molecule has 2 heterocycles. The minimum atomic E-state index is -3.71. The van der Waals surface area contributed by atoms with Crippen LogP contribution in [0.3, 0.4) is 0 Å². The maximum Gasteiger partial charge on any atom is 0.243 e. The van der Waals surface area contributed by atoms with Crippen LogP contribution >= 0.6 is 11.8 Å². The molecule has 0 unspecified atom stereocenters. The first-order valence-electron chi connectivity index (χ1n) is 11.3. The highest BCUT2D eigenvalue weighted by molar-refractivity contribution is 7.99. The summed E-state index contributed by atoms with van der Waals surface area (Å²) in [6.07, 6.45) is 5.33. The second-order valence-corrected chi connectivity index (χ2v) is 11.7. The maximum absolute atomic E-state index is 13.2. The molecule has 2 amide bonds. The average Bonchev–Trinajstić information content (AvgIpc) is 2.92. The summed E-state index contributed by atoms with van der Waals surface area (Å²) in [5.41, 5.74) is 0.498. The van der Waals surface area contributed by atoms with Crippen LogP contribution in [0.25, 0.3) is 0 Å². The van der Waals surface area contributed by atoms with Gasteiger partial charge in [0.2, 0.25) is 21.8 Å². The molecule has 1 atom stereocenters. The van der Waals surface area contributed by atoms with Crippen LogP contribution in [-0.4, -0.2) is 69.2 Å². The molecule has 10 heteroatoms. The minimum Gasteiger partial charge on any atom is -0.379 e. The number of fused-ring (bicyclic) bond motifs is 1. The Bertz CT molecular complexity index is 956. The van der Waals surface area contributed by atoms with Crippen molar-refractivity contribution in [2.45, 2.75) is 54.9 Å². The predicted octanol–water partition coefficient (Wildman–Crippen LogP) is 2.23. The summed E-state index contributed by atoms with van der Waals surface area (Å²) >= 11 is 1.52. The molecule has 3 aliphatic rings. The number of sulfonamides is 1. The molecule has 32 heavy (non-hydrogen) atoms. The molecule has 1 N–H and O–H groups in total. The standard InChI is InChI=1S/C22H31N3O5S2/c1-16-15-31-20-8-7-18(32(28,29)24-9-11-30-12-10-24)13-19(20)25(22(16)27)14-21(26)23-17-5-3-2-4-6-17/h7-8,13,16-17H,2-6,9-12,14-15H2,1H3,(H,23,26)/t16-/m1/s1. The number of anilines is 1. The summed E-state index contributed by atoms with van der Waals surface area (Å²) < 4.78 is 33.0. The number of thioether (sulfide) groups is 1. The van der Waals surface area contributed by atoms with E-state index in [0.717, 1.165) is 30.6 Å². The number of carbonyl (C=O) groups is 2. The van der Waals surface area contributed by atoms with Gasteiger partial charge in [-0.3, -0.25) is 9.59 Å². The van der Waals surface area contributed by atoms with Crippen molar-refractivity contribution in [1.82, 2.24) is 9.62 Å². The van der Waals surface area contributed by atoms with Crippen LogP contribution in [0.2, 0.25) is 0 Å². The lowest BCUT2D eigenvalue weighted by molar-refractivity contribution is -0.125. The summed E-state index contributed by atoms with van der Waals surface area (Å²) in [6, 6.07) is 5.05. The van der Waals surface area contributed by atoms with E-state index >= 15 is 0 Å². The summed E-state index contributed by atoms with van der Waals surface area (Å²) in [7, 11) is -3.71. The van der Waals surface area contributed by atoms with Gasteiger partial charge in [0.05, 0.1) is 23.8 Å². The lowest BCUT2D eigenvalue weighted by atomic mass is 9.95. The number of benzene rings is 1. The van der Waals surface area contributed by atoms with E-state index in [4.69, 9.17) is 4.74 Å². The average molecular weight is 482 g/mol. The van der Waals surface area contributed by atoms with Gasteiger partial charge in [-0.2, -0.15) is 4.31 Å². The van der Waals surface area contributed by atoms with Gasteiger partial charge in [-0.1, -0.05) is 26.2 Å². The first-order valence-corrected chi connectivity index (χ1v) is 13.7. The third kappa shape index (κ3) is 5.13. The number of morpholine rings is 1. The Morgan fingerprint density at radius 1 is 1.19 bits per heavy atom. The Balaban J connectivity index is 1.61. The fraction of sp³-hybridized carbons (Fsp3) is 0.636. The molecule has 1 aromatic carbocycles. The number of hydrogen-bond acceptors (Lipinski definition) is 6. The second-order valence-electron chi connectivity index (χ2n) is 8.68. The van der Waals surface area contributed by atoms with Crippen LogP contribution in [0, 0.1) is 5.92 Å². The summed E-state index contributed by atoms with van der Waals surface area (Å²) in [4.78, 5) is 28.4. The normalized spacial score (nSPS) is 23.5. The van der Waals surface area contributed by atoms with Crippen LogP contribution in [0.1, 0.15) is 39.0 Å². The first kappa shape index (κ1) is 23.5. The molecule has 4 rings (SSSR count). The SMILES string of the molecule is C[C@@H]1CSc2ccc(S(=O)(=O)N3CCOCC3)cc2N(CC(=O)NC2CCCCC2)C1=O. The van der Waals surface area contributed by atoms with Crippen molar-refractivity contribution < 1.29 is 22.7 Å².